The molecule has 1 aromatic carbocycles. The Hall–Kier alpha value is -1.31. The van der Waals surface area contributed by atoms with Gasteiger partial charge in [-0.25, -0.2) is 4.99 Å². The van der Waals surface area contributed by atoms with Gasteiger partial charge in [0.1, 0.15) is 5.84 Å². The van der Waals surface area contributed by atoms with Crippen LogP contribution in [0.2, 0.25) is 0 Å². The zero-order chi connectivity index (χ0) is 13.3. The standard InChI is InChI=1S/C18H22N2/c1-11-3-2-4-17-16(11)10-20-15-8-12-5-13(9-15)7-14(6-12)18(20)19-17/h2-4,12-15H,5-10H2,1H3. The molecule has 4 fully saturated rings. The molecule has 5 aliphatic rings. The van der Waals surface area contributed by atoms with Gasteiger partial charge < -0.3 is 4.90 Å². The van der Waals surface area contributed by atoms with Crippen molar-refractivity contribution in [3.05, 3.63) is 29.3 Å². The number of aryl methyl sites for hydroxylation is 1. The van der Waals surface area contributed by atoms with E-state index in [9.17, 15) is 0 Å². The SMILES string of the molecule is Cc1cccc2c1CN1C(=N2)C2CC3CC(C2)CC1C3. The molecule has 2 heteroatoms. The molecule has 0 aromatic heterocycles. The highest BCUT2D eigenvalue weighted by Gasteiger charge is 2.46. The van der Waals surface area contributed by atoms with E-state index in [0.29, 0.717) is 0 Å². The molecule has 3 heterocycles. The molecule has 4 bridgehead atoms. The molecule has 0 amide bonds. The van der Waals surface area contributed by atoms with Gasteiger partial charge in [-0.05, 0) is 62.5 Å². The van der Waals surface area contributed by atoms with Gasteiger partial charge in [0.2, 0.25) is 0 Å². The second-order valence-corrected chi connectivity index (χ2v) is 7.43. The number of benzene rings is 1. The molecule has 20 heavy (non-hydrogen) atoms. The minimum Gasteiger partial charge on any atom is -0.352 e. The van der Waals surface area contributed by atoms with Crippen LogP contribution in [-0.2, 0) is 6.54 Å². The minimum absolute atomic E-state index is 0.750. The van der Waals surface area contributed by atoms with Gasteiger partial charge in [-0.2, -0.15) is 0 Å². The van der Waals surface area contributed by atoms with Crippen molar-refractivity contribution in [3.63, 3.8) is 0 Å². The van der Waals surface area contributed by atoms with E-state index in [-0.39, 0.29) is 0 Å². The predicted molar refractivity (Wildman–Crippen MR) is 81.2 cm³/mol. The molecule has 104 valence electrons. The van der Waals surface area contributed by atoms with Crippen molar-refractivity contribution in [1.82, 2.24) is 4.90 Å². The molecule has 0 radical (unpaired) electrons. The van der Waals surface area contributed by atoms with Crippen molar-refractivity contribution in [1.29, 1.82) is 0 Å². The van der Waals surface area contributed by atoms with E-state index in [2.05, 4.69) is 30.0 Å². The molecule has 2 saturated heterocycles. The van der Waals surface area contributed by atoms with Gasteiger partial charge in [0.15, 0.2) is 0 Å². The average Bonchev–Trinajstić information content (AvgIpc) is 2.60. The Balaban J connectivity index is 1.66. The van der Waals surface area contributed by atoms with Crippen LogP contribution in [0.15, 0.2) is 23.2 Å². The molecule has 2 aliphatic carbocycles. The number of aliphatic imine (C=N–C) groups is 1. The summed E-state index contributed by atoms with van der Waals surface area (Å²) in [5.74, 6) is 4.16. The molecule has 2 unspecified atom stereocenters. The summed E-state index contributed by atoms with van der Waals surface area (Å²) in [5.41, 5.74) is 4.13. The summed E-state index contributed by atoms with van der Waals surface area (Å²) >= 11 is 0. The third-order valence-corrected chi connectivity index (χ3v) is 6.16. The zero-order valence-corrected chi connectivity index (χ0v) is 12.2. The summed E-state index contributed by atoms with van der Waals surface area (Å²) < 4.78 is 0. The second-order valence-electron chi connectivity index (χ2n) is 7.43. The van der Waals surface area contributed by atoms with Crippen molar-refractivity contribution < 1.29 is 0 Å². The van der Waals surface area contributed by atoms with Gasteiger partial charge in [0, 0.05) is 24.1 Å². The largest absolute Gasteiger partial charge is 0.352 e. The first-order chi connectivity index (χ1) is 9.78. The summed E-state index contributed by atoms with van der Waals surface area (Å²) in [7, 11) is 0. The van der Waals surface area contributed by atoms with Crippen LogP contribution in [0.25, 0.3) is 0 Å². The maximum absolute atomic E-state index is 5.13. The van der Waals surface area contributed by atoms with Crippen LogP contribution in [-0.4, -0.2) is 16.8 Å². The molecular formula is C18H22N2. The maximum Gasteiger partial charge on any atom is 0.108 e. The molecule has 0 spiro atoms. The zero-order valence-electron chi connectivity index (χ0n) is 12.2. The monoisotopic (exact) mass is 266 g/mol. The fourth-order valence-corrected chi connectivity index (χ4v) is 5.36. The maximum atomic E-state index is 5.13. The summed E-state index contributed by atoms with van der Waals surface area (Å²) in [5, 5.41) is 0. The number of amidine groups is 1. The average molecular weight is 266 g/mol. The quantitative estimate of drug-likeness (QED) is 0.691. The highest BCUT2D eigenvalue weighted by molar-refractivity contribution is 5.90. The molecule has 1 aromatic rings. The van der Waals surface area contributed by atoms with Crippen molar-refractivity contribution in [2.45, 2.75) is 51.6 Å². The summed E-state index contributed by atoms with van der Waals surface area (Å²) in [6, 6.07) is 7.38. The van der Waals surface area contributed by atoms with Gasteiger partial charge in [-0.15, -0.1) is 0 Å². The lowest BCUT2D eigenvalue weighted by atomic mass is 9.68. The van der Waals surface area contributed by atoms with Crippen molar-refractivity contribution >= 4 is 11.5 Å². The number of rotatable bonds is 0. The van der Waals surface area contributed by atoms with Crippen LogP contribution >= 0.6 is 0 Å². The van der Waals surface area contributed by atoms with Crippen LogP contribution in [0.3, 0.4) is 0 Å². The number of nitrogens with zero attached hydrogens (tertiary/aromatic N) is 2. The van der Waals surface area contributed by atoms with E-state index >= 15 is 0 Å². The predicted octanol–water partition coefficient (Wildman–Crippen LogP) is 4.05. The normalized spacial score (nSPS) is 37.2. The molecule has 3 aliphatic heterocycles. The van der Waals surface area contributed by atoms with Gasteiger partial charge >= 0.3 is 0 Å². The fraction of sp³-hybridized carbons (Fsp3) is 0.611. The topological polar surface area (TPSA) is 15.6 Å². The molecular weight excluding hydrogens is 244 g/mol. The van der Waals surface area contributed by atoms with Crippen LogP contribution in [0.4, 0.5) is 5.69 Å². The first kappa shape index (κ1) is 11.4. The van der Waals surface area contributed by atoms with Gasteiger partial charge in [-0.1, -0.05) is 12.1 Å². The fourth-order valence-electron chi connectivity index (χ4n) is 5.36. The van der Waals surface area contributed by atoms with E-state index in [1.54, 1.807) is 0 Å². The first-order valence-electron chi connectivity index (χ1n) is 8.21. The Labute approximate surface area is 120 Å². The van der Waals surface area contributed by atoms with E-state index in [1.807, 2.05) is 0 Å². The summed E-state index contributed by atoms with van der Waals surface area (Å²) in [4.78, 5) is 7.82. The number of hydrogen-bond donors (Lipinski definition) is 0. The Morgan fingerprint density at radius 3 is 2.65 bits per heavy atom. The van der Waals surface area contributed by atoms with E-state index in [1.165, 1.54) is 54.8 Å². The lowest BCUT2D eigenvalue weighted by molar-refractivity contribution is 0.128. The molecule has 6 rings (SSSR count). The van der Waals surface area contributed by atoms with Gasteiger partial charge in [-0.3, -0.25) is 0 Å². The second kappa shape index (κ2) is 3.87. The highest BCUT2D eigenvalue weighted by Crippen LogP contribution is 2.50. The van der Waals surface area contributed by atoms with Crippen LogP contribution in [0.1, 0.15) is 43.2 Å². The van der Waals surface area contributed by atoms with Crippen molar-refractivity contribution in [3.8, 4) is 0 Å². The lowest BCUT2D eigenvalue weighted by Gasteiger charge is -2.39. The lowest BCUT2D eigenvalue weighted by Crippen LogP contribution is -2.42. The molecule has 2 atom stereocenters. The van der Waals surface area contributed by atoms with Crippen LogP contribution in [0, 0.1) is 24.7 Å². The van der Waals surface area contributed by atoms with E-state index in [0.717, 1.165) is 30.3 Å². The van der Waals surface area contributed by atoms with Gasteiger partial charge in [0.25, 0.3) is 0 Å². The minimum atomic E-state index is 0.750. The Bertz CT molecular complexity index is 589. The van der Waals surface area contributed by atoms with Crippen LogP contribution in [0.5, 0.6) is 0 Å². The summed E-state index contributed by atoms with van der Waals surface area (Å²) in [6.07, 6.45) is 7.16. The van der Waals surface area contributed by atoms with E-state index in [4.69, 9.17) is 4.99 Å². The van der Waals surface area contributed by atoms with Crippen molar-refractivity contribution in [2.24, 2.45) is 22.7 Å². The Morgan fingerprint density at radius 2 is 1.85 bits per heavy atom. The Morgan fingerprint density at radius 1 is 1.05 bits per heavy atom. The third-order valence-electron chi connectivity index (χ3n) is 6.16. The van der Waals surface area contributed by atoms with E-state index < -0.39 is 0 Å². The van der Waals surface area contributed by atoms with Gasteiger partial charge in [0.05, 0.1) is 5.69 Å². The highest BCUT2D eigenvalue weighted by atomic mass is 15.2. The number of hydrogen-bond acceptors (Lipinski definition) is 2. The smallest absolute Gasteiger partial charge is 0.108 e. The summed E-state index contributed by atoms with van der Waals surface area (Å²) in [6.45, 7) is 3.35. The van der Waals surface area contributed by atoms with Crippen LogP contribution < -0.4 is 0 Å². The van der Waals surface area contributed by atoms with Crippen molar-refractivity contribution in [2.75, 3.05) is 0 Å². The third kappa shape index (κ3) is 1.48. The molecule has 0 N–H and O–H groups in total. The number of fused-ring (bicyclic) bond motifs is 1. The Kier molecular flexibility index (Phi) is 2.20. The molecule has 2 saturated carbocycles. The molecule has 2 nitrogen and oxygen atoms in total. The first-order valence-corrected chi connectivity index (χ1v) is 8.21.